The van der Waals surface area contributed by atoms with Crippen LogP contribution in [-0.4, -0.2) is 26.4 Å². The lowest BCUT2D eigenvalue weighted by molar-refractivity contribution is 0.0697. The van der Waals surface area contributed by atoms with Crippen LogP contribution in [0.4, 0.5) is 4.39 Å². The quantitative estimate of drug-likeness (QED) is 0.641. The normalized spacial score (nSPS) is 10.7. The highest BCUT2D eigenvalue weighted by Crippen LogP contribution is 2.46. The third-order valence-corrected chi connectivity index (χ3v) is 3.35. The number of carboxylic acid groups (broad SMARTS) is 1. The molecule has 2 aromatic carbocycles. The Bertz CT molecular complexity index is 875. The second-order valence-electron chi connectivity index (χ2n) is 4.68. The van der Waals surface area contributed by atoms with Gasteiger partial charge < -0.3 is 19.8 Å². The molecule has 0 bridgehead atoms. The van der Waals surface area contributed by atoms with E-state index in [1.165, 1.54) is 24.4 Å². The number of rotatable bonds is 3. The van der Waals surface area contributed by atoms with Gasteiger partial charge in [-0.3, -0.25) is 0 Å². The summed E-state index contributed by atoms with van der Waals surface area (Å²) in [5.41, 5.74) is -0.980. The number of hydrogen-bond acceptors (Lipinski definition) is 5. The first-order valence-corrected chi connectivity index (χ1v) is 6.49. The first-order chi connectivity index (χ1) is 11.0. The molecule has 0 saturated heterocycles. The van der Waals surface area contributed by atoms with E-state index in [4.69, 9.17) is 4.52 Å². The molecular weight excluding hydrogens is 305 g/mol. The molecule has 0 amide bonds. The largest absolute Gasteiger partial charge is 0.504 e. The summed E-state index contributed by atoms with van der Waals surface area (Å²) in [4.78, 5) is 11.7. The number of carboxylic acids is 1. The van der Waals surface area contributed by atoms with Crippen LogP contribution in [0.2, 0.25) is 0 Å². The topological polar surface area (TPSA) is 104 Å². The molecule has 0 fully saturated rings. The van der Waals surface area contributed by atoms with E-state index in [0.29, 0.717) is 0 Å². The molecule has 0 spiro atoms. The van der Waals surface area contributed by atoms with Gasteiger partial charge in [-0.1, -0.05) is 35.5 Å². The van der Waals surface area contributed by atoms with E-state index in [1.54, 1.807) is 18.2 Å². The van der Waals surface area contributed by atoms with Crippen molar-refractivity contribution in [1.29, 1.82) is 0 Å². The van der Waals surface area contributed by atoms with Gasteiger partial charge in [0.2, 0.25) is 0 Å². The highest BCUT2D eigenvalue weighted by atomic mass is 19.1. The molecule has 7 heteroatoms. The highest BCUT2D eigenvalue weighted by molar-refractivity contribution is 6.05. The molecule has 3 aromatic rings. The maximum absolute atomic E-state index is 14.5. The average molecular weight is 315 g/mol. The molecule has 6 nitrogen and oxygen atoms in total. The van der Waals surface area contributed by atoms with Gasteiger partial charge in [0.15, 0.2) is 23.1 Å². The van der Waals surface area contributed by atoms with Crippen molar-refractivity contribution in [2.45, 2.75) is 0 Å². The first kappa shape index (κ1) is 14.6. The molecule has 0 aliphatic heterocycles. The fraction of sp³-hybridized carbons (Fsp3) is 0. The summed E-state index contributed by atoms with van der Waals surface area (Å²) in [5.74, 6) is -4.79. The van der Waals surface area contributed by atoms with Crippen molar-refractivity contribution in [1.82, 2.24) is 5.16 Å². The van der Waals surface area contributed by atoms with Gasteiger partial charge in [0.1, 0.15) is 0 Å². The number of aromatic carboxylic acids is 1. The summed E-state index contributed by atoms with van der Waals surface area (Å²) in [5, 5.41) is 32.8. The van der Waals surface area contributed by atoms with Crippen molar-refractivity contribution in [2.75, 3.05) is 0 Å². The molecule has 3 N–H and O–H groups in total. The number of carbonyl (C=O) groups is 1. The number of aromatic nitrogens is 1. The monoisotopic (exact) mass is 315 g/mol. The minimum absolute atomic E-state index is 0.104. The van der Waals surface area contributed by atoms with Crippen LogP contribution in [0.15, 0.2) is 47.1 Å². The van der Waals surface area contributed by atoms with Crippen molar-refractivity contribution < 1.29 is 29.0 Å². The summed E-state index contributed by atoms with van der Waals surface area (Å²) >= 11 is 0. The van der Waals surface area contributed by atoms with E-state index in [1.807, 2.05) is 0 Å². The molecule has 0 aliphatic carbocycles. The number of aromatic hydroxyl groups is 2. The Morgan fingerprint density at radius 1 is 1.04 bits per heavy atom. The minimum atomic E-state index is -1.48. The third-order valence-electron chi connectivity index (χ3n) is 3.35. The fourth-order valence-corrected chi connectivity index (χ4v) is 2.37. The second kappa shape index (κ2) is 5.45. The second-order valence-corrected chi connectivity index (χ2v) is 4.68. The zero-order chi connectivity index (χ0) is 16.6. The van der Waals surface area contributed by atoms with Crippen LogP contribution >= 0.6 is 0 Å². The summed E-state index contributed by atoms with van der Waals surface area (Å²) in [6.45, 7) is 0. The van der Waals surface area contributed by atoms with E-state index in [0.717, 1.165) is 0 Å². The number of benzene rings is 2. The van der Waals surface area contributed by atoms with Gasteiger partial charge >= 0.3 is 5.97 Å². The molecule has 0 radical (unpaired) electrons. The number of hydrogen-bond donors (Lipinski definition) is 3. The molecule has 1 heterocycles. The number of phenolic OH excluding ortho intramolecular Hbond substituents is 2. The molecular formula is C16H10FNO5. The standard InChI is InChI=1S/C16H10FNO5/c17-13-10(8-4-2-1-3-5-8)12(16(21)22)11(14(19)15(13)20)9-6-7-18-23-9/h1-7,19-20H,(H,21,22). The van der Waals surface area contributed by atoms with Crippen LogP contribution < -0.4 is 0 Å². The predicted molar refractivity (Wildman–Crippen MR) is 77.6 cm³/mol. The average Bonchev–Trinajstić information content (AvgIpc) is 3.07. The number of halogens is 1. The van der Waals surface area contributed by atoms with E-state index < -0.39 is 28.8 Å². The van der Waals surface area contributed by atoms with E-state index >= 15 is 0 Å². The molecule has 0 atom stereocenters. The minimum Gasteiger partial charge on any atom is -0.504 e. The van der Waals surface area contributed by atoms with Crippen LogP contribution in [0.25, 0.3) is 22.5 Å². The Hall–Kier alpha value is -3.35. The summed E-state index contributed by atoms with van der Waals surface area (Å²) in [7, 11) is 0. The molecule has 3 rings (SSSR count). The molecule has 0 saturated carbocycles. The van der Waals surface area contributed by atoms with Crippen molar-refractivity contribution in [3.05, 3.63) is 54.0 Å². The van der Waals surface area contributed by atoms with Crippen LogP contribution in [0, 0.1) is 5.82 Å². The van der Waals surface area contributed by atoms with Crippen molar-refractivity contribution in [3.8, 4) is 33.9 Å². The van der Waals surface area contributed by atoms with E-state index in [-0.39, 0.29) is 22.5 Å². The molecule has 0 aliphatic rings. The number of nitrogens with zero attached hydrogens (tertiary/aromatic N) is 1. The fourth-order valence-electron chi connectivity index (χ4n) is 2.37. The Morgan fingerprint density at radius 2 is 1.74 bits per heavy atom. The van der Waals surface area contributed by atoms with Gasteiger partial charge in [-0.15, -0.1) is 0 Å². The predicted octanol–water partition coefficient (Wildman–Crippen LogP) is 3.26. The van der Waals surface area contributed by atoms with Crippen LogP contribution in [0.3, 0.4) is 0 Å². The Labute approximate surface area is 129 Å². The summed E-state index contributed by atoms with van der Waals surface area (Å²) < 4.78 is 19.3. The van der Waals surface area contributed by atoms with Crippen molar-refractivity contribution in [2.24, 2.45) is 0 Å². The molecule has 0 unspecified atom stereocenters. The number of phenols is 2. The van der Waals surface area contributed by atoms with Gasteiger partial charge in [0.05, 0.1) is 17.3 Å². The summed E-state index contributed by atoms with van der Waals surface area (Å²) in [6, 6.07) is 9.15. The molecule has 116 valence electrons. The molecule has 23 heavy (non-hydrogen) atoms. The van der Waals surface area contributed by atoms with E-state index in [9.17, 15) is 24.5 Å². The van der Waals surface area contributed by atoms with Gasteiger partial charge in [-0.25, -0.2) is 9.18 Å². The lowest BCUT2D eigenvalue weighted by Crippen LogP contribution is -2.06. The Kier molecular flexibility index (Phi) is 3.46. The van der Waals surface area contributed by atoms with E-state index in [2.05, 4.69) is 5.16 Å². The maximum atomic E-state index is 14.5. The zero-order valence-electron chi connectivity index (χ0n) is 11.5. The van der Waals surface area contributed by atoms with Crippen LogP contribution in [0.1, 0.15) is 10.4 Å². The lowest BCUT2D eigenvalue weighted by Gasteiger charge is -2.15. The zero-order valence-corrected chi connectivity index (χ0v) is 11.5. The smallest absolute Gasteiger partial charge is 0.337 e. The molecule has 1 aromatic heterocycles. The van der Waals surface area contributed by atoms with Gasteiger partial charge in [-0.05, 0) is 5.56 Å². The highest BCUT2D eigenvalue weighted by Gasteiger charge is 2.30. The lowest BCUT2D eigenvalue weighted by atomic mass is 9.92. The Balaban J connectivity index is 2.47. The maximum Gasteiger partial charge on any atom is 0.337 e. The van der Waals surface area contributed by atoms with Crippen LogP contribution in [0.5, 0.6) is 11.5 Å². The Morgan fingerprint density at radius 3 is 2.30 bits per heavy atom. The third kappa shape index (κ3) is 2.28. The van der Waals surface area contributed by atoms with Crippen LogP contribution in [-0.2, 0) is 0 Å². The first-order valence-electron chi connectivity index (χ1n) is 6.49. The summed E-state index contributed by atoms with van der Waals surface area (Å²) in [6.07, 6.45) is 1.24. The SMILES string of the molecule is O=C(O)c1c(-c2ccno2)c(O)c(O)c(F)c1-c1ccccc1. The van der Waals surface area contributed by atoms with Crippen molar-refractivity contribution in [3.63, 3.8) is 0 Å². The van der Waals surface area contributed by atoms with Gasteiger partial charge in [0.25, 0.3) is 0 Å². The van der Waals surface area contributed by atoms with Gasteiger partial charge in [0, 0.05) is 11.6 Å². The van der Waals surface area contributed by atoms with Gasteiger partial charge in [-0.2, -0.15) is 0 Å². The van der Waals surface area contributed by atoms with Crippen molar-refractivity contribution >= 4 is 5.97 Å².